The quantitative estimate of drug-likeness (QED) is 0.461. The summed E-state index contributed by atoms with van der Waals surface area (Å²) in [5, 5.41) is 23.0. The molecule has 8 heteroatoms. The summed E-state index contributed by atoms with van der Waals surface area (Å²) in [5.74, 6) is 0.209. The van der Waals surface area contributed by atoms with Gasteiger partial charge in [0, 0.05) is 30.5 Å². The number of aromatic nitrogens is 1. The first kappa shape index (κ1) is 25.6. The van der Waals surface area contributed by atoms with Gasteiger partial charge in [-0.05, 0) is 66.8 Å². The van der Waals surface area contributed by atoms with Crippen molar-refractivity contribution in [2.45, 2.75) is 31.4 Å². The number of aromatic carboxylic acids is 1. The van der Waals surface area contributed by atoms with Crippen LogP contribution in [0, 0.1) is 0 Å². The molecule has 3 N–H and O–H groups in total. The molecule has 170 valence electrons. The SMILES string of the molecule is Cl.Cl.O=C(O)c1cccc(Oc2ccc3c(c2)C[C@@H](NC[C@H](O)c2cccnc2)CC3)c1. The van der Waals surface area contributed by atoms with E-state index in [2.05, 4.69) is 16.4 Å². The number of pyridine rings is 1. The number of hydrogen-bond acceptors (Lipinski definition) is 5. The number of carbonyl (C=O) groups is 1. The number of ether oxygens (including phenoxy) is 1. The van der Waals surface area contributed by atoms with Crippen molar-refractivity contribution in [1.82, 2.24) is 10.3 Å². The van der Waals surface area contributed by atoms with E-state index in [0.717, 1.165) is 24.8 Å². The van der Waals surface area contributed by atoms with Crippen LogP contribution < -0.4 is 10.1 Å². The predicted molar refractivity (Wildman–Crippen MR) is 127 cm³/mol. The molecule has 0 radical (unpaired) electrons. The summed E-state index contributed by atoms with van der Waals surface area (Å²) in [6, 6.07) is 16.5. The van der Waals surface area contributed by atoms with Crippen molar-refractivity contribution in [2.24, 2.45) is 0 Å². The van der Waals surface area contributed by atoms with Gasteiger partial charge in [-0.1, -0.05) is 18.2 Å². The van der Waals surface area contributed by atoms with Crippen molar-refractivity contribution >= 4 is 30.8 Å². The minimum absolute atomic E-state index is 0. The predicted octanol–water partition coefficient (Wildman–Crippen LogP) is 4.60. The minimum atomic E-state index is -0.978. The molecular formula is C24H26Cl2N2O4. The second-order valence-corrected chi connectivity index (χ2v) is 7.52. The Morgan fingerprint density at radius 3 is 2.66 bits per heavy atom. The Labute approximate surface area is 199 Å². The number of aliphatic hydroxyl groups excluding tert-OH is 1. The van der Waals surface area contributed by atoms with Crippen molar-refractivity contribution in [1.29, 1.82) is 0 Å². The van der Waals surface area contributed by atoms with Crippen LogP contribution in [-0.4, -0.2) is 33.8 Å². The Bertz CT molecular complexity index is 1030. The van der Waals surface area contributed by atoms with Crippen LogP contribution in [0.2, 0.25) is 0 Å². The summed E-state index contributed by atoms with van der Waals surface area (Å²) in [7, 11) is 0. The number of halogens is 2. The van der Waals surface area contributed by atoms with Gasteiger partial charge in [0.05, 0.1) is 11.7 Å². The number of carboxylic acids is 1. The fourth-order valence-electron chi connectivity index (χ4n) is 3.77. The lowest BCUT2D eigenvalue weighted by Crippen LogP contribution is -2.37. The Morgan fingerprint density at radius 2 is 1.91 bits per heavy atom. The number of nitrogens with one attached hydrogen (secondary N) is 1. The van der Waals surface area contributed by atoms with Gasteiger partial charge in [0.2, 0.25) is 0 Å². The lowest BCUT2D eigenvalue weighted by atomic mass is 9.88. The van der Waals surface area contributed by atoms with Gasteiger partial charge in [-0.15, -0.1) is 24.8 Å². The molecule has 4 rings (SSSR count). The van der Waals surface area contributed by atoms with Gasteiger partial charge in [-0.2, -0.15) is 0 Å². The Balaban J connectivity index is 0.00000181. The molecule has 0 unspecified atom stereocenters. The van der Waals surface area contributed by atoms with Crippen LogP contribution in [-0.2, 0) is 12.8 Å². The maximum Gasteiger partial charge on any atom is 0.335 e. The number of carboxylic acid groups (broad SMARTS) is 1. The Morgan fingerprint density at radius 1 is 1.09 bits per heavy atom. The van der Waals surface area contributed by atoms with Crippen LogP contribution in [0.15, 0.2) is 67.0 Å². The molecule has 32 heavy (non-hydrogen) atoms. The van der Waals surface area contributed by atoms with Crippen LogP contribution in [0.4, 0.5) is 0 Å². The Kier molecular flexibility index (Phi) is 9.47. The van der Waals surface area contributed by atoms with Gasteiger partial charge < -0.3 is 20.3 Å². The lowest BCUT2D eigenvalue weighted by molar-refractivity contribution is 0.0696. The van der Waals surface area contributed by atoms with E-state index in [9.17, 15) is 9.90 Å². The molecule has 0 saturated heterocycles. The van der Waals surface area contributed by atoms with Crippen molar-refractivity contribution in [3.63, 3.8) is 0 Å². The second kappa shape index (κ2) is 11.8. The molecule has 0 amide bonds. The average molecular weight is 477 g/mol. The highest BCUT2D eigenvalue weighted by molar-refractivity contribution is 5.88. The fourth-order valence-corrected chi connectivity index (χ4v) is 3.77. The van der Waals surface area contributed by atoms with Crippen molar-refractivity contribution < 1.29 is 19.7 Å². The largest absolute Gasteiger partial charge is 0.478 e. The number of hydrogen-bond donors (Lipinski definition) is 3. The van der Waals surface area contributed by atoms with Crippen molar-refractivity contribution in [3.05, 3.63) is 89.2 Å². The van der Waals surface area contributed by atoms with Crippen LogP contribution in [0.1, 0.15) is 39.6 Å². The van der Waals surface area contributed by atoms with Gasteiger partial charge in [0.1, 0.15) is 11.5 Å². The molecule has 0 spiro atoms. The summed E-state index contributed by atoms with van der Waals surface area (Å²) in [6.45, 7) is 0.476. The molecule has 1 aliphatic carbocycles. The topological polar surface area (TPSA) is 91.7 Å². The van der Waals surface area contributed by atoms with Crippen LogP contribution >= 0.6 is 24.8 Å². The summed E-state index contributed by atoms with van der Waals surface area (Å²) < 4.78 is 5.90. The first-order valence-electron chi connectivity index (χ1n) is 10.0. The molecule has 0 aliphatic heterocycles. The highest BCUT2D eigenvalue weighted by Gasteiger charge is 2.20. The molecule has 3 aromatic rings. The van der Waals surface area contributed by atoms with E-state index in [4.69, 9.17) is 9.84 Å². The summed E-state index contributed by atoms with van der Waals surface area (Å²) in [4.78, 5) is 15.2. The molecule has 2 aromatic carbocycles. The molecule has 0 saturated carbocycles. The third-order valence-electron chi connectivity index (χ3n) is 5.39. The van der Waals surface area contributed by atoms with Crippen molar-refractivity contribution in [3.8, 4) is 11.5 Å². The summed E-state index contributed by atoms with van der Waals surface area (Å²) in [5.41, 5.74) is 3.51. The van der Waals surface area contributed by atoms with E-state index in [1.54, 1.807) is 24.5 Å². The molecular weight excluding hydrogens is 451 g/mol. The number of fused-ring (bicyclic) bond motifs is 1. The standard InChI is InChI=1S/C24H24N2O4.2ClH/c27-23(18-4-2-10-25-14-18)15-26-20-8-6-16-7-9-22(13-19(16)11-20)30-21-5-1-3-17(12-21)24(28)29;;/h1-5,7,9-10,12-14,20,23,26-27H,6,8,11,15H2,(H,28,29);2*1H/t20-,23-;;/m0../s1. The van der Waals surface area contributed by atoms with Gasteiger partial charge >= 0.3 is 5.97 Å². The maximum atomic E-state index is 11.1. The molecule has 2 atom stereocenters. The molecule has 1 aromatic heterocycles. The average Bonchev–Trinajstić information content (AvgIpc) is 2.78. The van der Waals surface area contributed by atoms with Crippen molar-refractivity contribution in [2.75, 3.05) is 6.54 Å². The van der Waals surface area contributed by atoms with E-state index in [0.29, 0.717) is 18.0 Å². The van der Waals surface area contributed by atoms with Crippen LogP contribution in [0.3, 0.4) is 0 Å². The fraction of sp³-hybridized carbons (Fsp3) is 0.250. The lowest BCUT2D eigenvalue weighted by Gasteiger charge is -2.27. The molecule has 1 heterocycles. The number of rotatable bonds is 7. The zero-order valence-electron chi connectivity index (χ0n) is 17.3. The zero-order valence-corrected chi connectivity index (χ0v) is 18.9. The smallest absolute Gasteiger partial charge is 0.335 e. The minimum Gasteiger partial charge on any atom is -0.478 e. The summed E-state index contributed by atoms with van der Waals surface area (Å²) >= 11 is 0. The van der Waals surface area contributed by atoms with E-state index in [-0.39, 0.29) is 36.4 Å². The van der Waals surface area contributed by atoms with Gasteiger partial charge in [0.25, 0.3) is 0 Å². The number of nitrogens with zero attached hydrogens (tertiary/aromatic N) is 1. The highest BCUT2D eigenvalue weighted by atomic mass is 35.5. The first-order chi connectivity index (χ1) is 14.6. The van der Waals surface area contributed by atoms with E-state index >= 15 is 0 Å². The molecule has 1 aliphatic rings. The number of aryl methyl sites for hydroxylation is 1. The van der Waals surface area contributed by atoms with E-state index in [1.165, 1.54) is 23.3 Å². The third-order valence-corrected chi connectivity index (χ3v) is 5.39. The second-order valence-electron chi connectivity index (χ2n) is 7.52. The highest BCUT2D eigenvalue weighted by Crippen LogP contribution is 2.29. The van der Waals surface area contributed by atoms with Gasteiger partial charge in [-0.25, -0.2) is 4.79 Å². The maximum absolute atomic E-state index is 11.1. The van der Waals surface area contributed by atoms with E-state index < -0.39 is 12.1 Å². The normalized spacial score (nSPS) is 15.5. The van der Waals surface area contributed by atoms with Gasteiger partial charge in [-0.3, -0.25) is 4.98 Å². The summed E-state index contributed by atoms with van der Waals surface area (Å²) in [6.07, 6.45) is 5.61. The number of benzene rings is 2. The first-order valence-corrected chi connectivity index (χ1v) is 10.0. The zero-order chi connectivity index (χ0) is 20.9. The third kappa shape index (κ3) is 6.43. The van der Waals surface area contributed by atoms with E-state index in [1.807, 2.05) is 24.3 Å². The molecule has 6 nitrogen and oxygen atoms in total. The van der Waals surface area contributed by atoms with Crippen LogP contribution in [0.5, 0.6) is 11.5 Å². The van der Waals surface area contributed by atoms with Crippen LogP contribution in [0.25, 0.3) is 0 Å². The molecule has 0 bridgehead atoms. The van der Waals surface area contributed by atoms with Gasteiger partial charge in [0.15, 0.2) is 0 Å². The number of aliphatic hydroxyl groups is 1. The molecule has 0 fully saturated rings. The Hall–Kier alpha value is -2.64. The monoisotopic (exact) mass is 476 g/mol.